The quantitative estimate of drug-likeness (QED) is 0.158. The van der Waals surface area contributed by atoms with Crippen LogP contribution in [0.4, 0.5) is 0 Å². The van der Waals surface area contributed by atoms with Crippen molar-refractivity contribution in [2.75, 3.05) is 0 Å². The first-order valence-electron chi connectivity index (χ1n) is 22.0. The van der Waals surface area contributed by atoms with Gasteiger partial charge in [-0.25, -0.2) is 0 Å². The number of benzene rings is 9. The van der Waals surface area contributed by atoms with Crippen LogP contribution in [0.3, 0.4) is 0 Å². The van der Waals surface area contributed by atoms with Gasteiger partial charge in [0.1, 0.15) is 5.65 Å². The monoisotopic (exact) mass is 778 g/mol. The minimum atomic E-state index is 0.0447. The molecule has 0 aliphatic carbocycles. The van der Waals surface area contributed by atoms with E-state index < -0.39 is 0 Å². The van der Waals surface area contributed by atoms with Crippen molar-refractivity contribution in [1.29, 1.82) is 0 Å². The summed E-state index contributed by atoms with van der Waals surface area (Å²) in [6, 6.07) is 62.6. The summed E-state index contributed by atoms with van der Waals surface area (Å²) in [6.45, 7) is 11.9. The van der Waals surface area contributed by atoms with Crippen LogP contribution >= 0.6 is 0 Å². The Morgan fingerprint density at radius 1 is 0.443 bits per heavy atom. The number of imidazole rings is 1. The Hall–Kier alpha value is -6.77. The Morgan fingerprint density at radius 3 is 1.72 bits per heavy atom. The van der Waals surface area contributed by atoms with Crippen molar-refractivity contribution >= 4 is 106 Å². The van der Waals surface area contributed by atoms with Crippen molar-refractivity contribution in [2.24, 2.45) is 5.41 Å². The van der Waals surface area contributed by atoms with Crippen molar-refractivity contribution in [2.45, 2.75) is 41.0 Å². The molecule has 0 amide bonds. The van der Waals surface area contributed by atoms with Gasteiger partial charge in [-0.05, 0) is 75.3 Å². The normalized spacial score (nSPS) is 13.3. The predicted octanol–water partition coefficient (Wildman–Crippen LogP) is 10.0. The predicted molar refractivity (Wildman–Crippen MR) is 265 cm³/mol. The lowest BCUT2D eigenvalue weighted by Crippen LogP contribution is -2.76. The highest BCUT2D eigenvalue weighted by Crippen LogP contribution is 2.43. The zero-order valence-corrected chi connectivity index (χ0v) is 35.3. The molecule has 61 heavy (non-hydrogen) atoms. The minimum absolute atomic E-state index is 0.0447. The maximum absolute atomic E-state index is 2.74. The Kier molecular flexibility index (Phi) is 7.12. The average Bonchev–Trinajstić information content (AvgIpc) is 3.78. The summed E-state index contributed by atoms with van der Waals surface area (Å²) in [7, 11) is 0. The van der Waals surface area contributed by atoms with Gasteiger partial charge in [0.2, 0.25) is 13.4 Å². The van der Waals surface area contributed by atoms with Gasteiger partial charge in [-0.2, -0.15) is 0 Å². The highest BCUT2D eigenvalue weighted by Gasteiger charge is 2.46. The molecule has 0 saturated carbocycles. The van der Waals surface area contributed by atoms with Crippen LogP contribution in [-0.2, 0) is 6.42 Å². The van der Waals surface area contributed by atoms with Gasteiger partial charge in [-0.3, -0.25) is 8.97 Å². The SMILES string of the molecule is Cc1cccc(C)c1B1c2cc3ccccc3cc2B2c3c1cc(-c1ccccc1)cc3-n1c3c2cc2ccccc2c3n2c3c(ccc4ccccc43)c(CC(C)(C)C)c12. The lowest BCUT2D eigenvalue weighted by Gasteiger charge is -2.38. The molecule has 0 N–H and O–H groups in total. The number of fused-ring (bicyclic) bond motifs is 14. The van der Waals surface area contributed by atoms with Gasteiger partial charge in [0.25, 0.3) is 0 Å². The molecule has 2 aromatic heterocycles. The summed E-state index contributed by atoms with van der Waals surface area (Å²) >= 11 is 0. The standard InChI is InChI=1S/C57H44B2N2/c1-34-16-15-17-35(2)51(34)58-46-28-38-21-9-10-22-39(38)29-47(46)59-49-30-40-23-12-14-25-43(40)54-55(49)60(50-32-41(31-48(58)52(50)59)36-18-7-6-8-19-36)56-45(33-57(3,4)5)44-27-26-37-20-11-13-24-42(37)53(44)61(54)56/h6-32H,33H2,1-5H3. The molecular formula is C57H44B2N2. The van der Waals surface area contributed by atoms with E-state index in [1.54, 1.807) is 0 Å². The van der Waals surface area contributed by atoms with Crippen LogP contribution in [0.2, 0.25) is 0 Å². The molecule has 0 spiro atoms. The maximum atomic E-state index is 2.74. The van der Waals surface area contributed by atoms with Crippen molar-refractivity contribution in [1.82, 2.24) is 8.97 Å². The molecule has 0 unspecified atom stereocenters. The lowest BCUT2D eigenvalue weighted by molar-refractivity contribution is 0.413. The number of aryl methyl sites for hydroxylation is 2. The van der Waals surface area contributed by atoms with Gasteiger partial charge < -0.3 is 0 Å². The Morgan fingerprint density at radius 2 is 1.03 bits per heavy atom. The molecule has 2 aliphatic heterocycles. The van der Waals surface area contributed by atoms with Crippen LogP contribution in [0.15, 0.2) is 164 Å². The molecule has 0 radical (unpaired) electrons. The summed E-state index contributed by atoms with van der Waals surface area (Å²) in [5.74, 6) is 0. The first-order valence-corrected chi connectivity index (χ1v) is 22.0. The summed E-state index contributed by atoms with van der Waals surface area (Å²) < 4.78 is 5.44. The van der Waals surface area contributed by atoms with Gasteiger partial charge in [-0.1, -0.05) is 211 Å². The second-order valence-electron chi connectivity index (χ2n) is 19.1. The average molecular weight is 779 g/mol. The zero-order valence-electron chi connectivity index (χ0n) is 35.3. The largest absolute Gasteiger partial charge is 0.295 e. The molecule has 11 aromatic rings. The van der Waals surface area contributed by atoms with Crippen LogP contribution < -0.4 is 32.8 Å². The number of aromatic nitrogens is 2. The molecule has 288 valence electrons. The third kappa shape index (κ3) is 4.82. The molecular weight excluding hydrogens is 734 g/mol. The number of nitrogens with zero attached hydrogens (tertiary/aromatic N) is 2. The molecule has 0 atom stereocenters. The molecule has 4 heterocycles. The van der Waals surface area contributed by atoms with E-state index in [1.807, 2.05) is 0 Å². The molecule has 0 fully saturated rings. The summed E-state index contributed by atoms with van der Waals surface area (Å²) in [5, 5.41) is 9.09. The molecule has 2 aliphatic rings. The van der Waals surface area contributed by atoms with Crippen molar-refractivity contribution in [3.63, 3.8) is 0 Å². The second-order valence-corrected chi connectivity index (χ2v) is 19.1. The van der Waals surface area contributed by atoms with Gasteiger partial charge in [-0.15, -0.1) is 0 Å². The third-order valence-electron chi connectivity index (χ3n) is 14.2. The Balaban J connectivity index is 1.31. The van der Waals surface area contributed by atoms with Gasteiger partial charge in [0.05, 0.1) is 16.6 Å². The summed E-state index contributed by atoms with van der Waals surface area (Å²) in [4.78, 5) is 0. The van der Waals surface area contributed by atoms with Crippen molar-refractivity contribution in [3.8, 4) is 16.8 Å². The molecule has 2 nitrogen and oxygen atoms in total. The van der Waals surface area contributed by atoms with E-state index in [1.165, 1.54) is 126 Å². The number of hydrogen-bond acceptors (Lipinski definition) is 0. The van der Waals surface area contributed by atoms with Crippen LogP contribution in [0.5, 0.6) is 0 Å². The van der Waals surface area contributed by atoms with E-state index in [4.69, 9.17) is 0 Å². The molecule has 0 bridgehead atoms. The van der Waals surface area contributed by atoms with Crippen LogP contribution in [0.1, 0.15) is 37.5 Å². The fourth-order valence-corrected chi connectivity index (χ4v) is 11.8. The Labute approximate surface area is 357 Å². The lowest BCUT2D eigenvalue weighted by atomic mass is 9.20. The van der Waals surface area contributed by atoms with Gasteiger partial charge >= 0.3 is 0 Å². The highest BCUT2D eigenvalue weighted by molar-refractivity contribution is 7.12. The highest BCUT2D eigenvalue weighted by atomic mass is 15.1. The van der Waals surface area contributed by atoms with Gasteiger partial charge in [0.15, 0.2) is 0 Å². The van der Waals surface area contributed by atoms with Crippen molar-refractivity contribution < 1.29 is 0 Å². The molecule has 13 rings (SSSR count). The van der Waals surface area contributed by atoms with E-state index in [-0.39, 0.29) is 18.8 Å². The van der Waals surface area contributed by atoms with Crippen LogP contribution in [0.25, 0.3) is 76.7 Å². The fourth-order valence-electron chi connectivity index (χ4n) is 11.8. The van der Waals surface area contributed by atoms with E-state index in [0.717, 1.165) is 6.42 Å². The van der Waals surface area contributed by atoms with E-state index >= 15 is 0 Å². The summed E-state index contributed by atoms with van der Waals surface area (Å²) in [5.41, 5.74) is 21.7. The smallest absolute Gasteiger partial charge is 0.245 e. The first kappa shape index (κ1) is 35.0. The van der Waals surface area contributed by atoms with Crippen molar-refractivity contribution in [3.05, 3.63) is 180 Å². The molecule has 0 saturated heterocycles. The maximum Gasteiger partial charge on any atom is 0.245 e. The number of rotatable bonds is 3. The fraction of sp³-hybridized carbons (Fsp3) is 0.123. The number of hydrogen-bond donors (Lipinski definition) is 0. The van der Waals surface area contributed by atoms with Crippen LogP contribution in [0, 0.1) is 19.3 Å². The Bertz CT molecular complexity index is 3670. The zero-order chi connectivity index (χ0) is 40.9. The molecule has 4 heteroatoms. The van der Waals surface area contributed by atoms with E-state index in [2.05, 4.69) is 207 Å². The minimum Gasteiger partial charge on any atom is -0.295 e. The first-order chi connectivity index (χ1) is 29.7. The van der Waals surface area contributed by atoms with E-state index in [0.29, 0.717) is 0 Å². The third-order valence-corrected chi connectivity index (χ3v) is 14.2. The summed E-state index contributed by atoms with van der Waals surface area (Å²) in [6.07, 6.45) is 0.950. The van der Waals surface area contributed by atoms with Gasteiger partial charge in [0, 0.05) is 27.4 Å². The van der Waals surface area contributed by atoms with Crippen LogP contribution in [-0.4, -0.2) is 22.4 Å². The second kappa shape index (κ2) is 12.4. The topological polar surface area (TPSA) is 9.34 Å². The molecule has 9 aromatic carbocycles. The van der Waals surface area contributed by atoms with E-state index in [9.17, 15) is 0 Å².